The molecule has 0 radical (unpaired) electrons. The number of rotatable bonds is 4. The third-order valence-corrected chi connectivity index (χ3v) is 2.81. The molecule has 0 fully saturated rings. The van der Waals surface area contributed by atoms with Crippen LogP contribution in [0.4, 0.5) is 0 Å². The van der Waals surface area contributed by atoms with Crippen molar-refractivity contribution in [2.24, 2.45) is 0 Å². The van der Waals surface area contributed by atoms with Crippen LogP contribution in [0.25, 0.3) is 0 Å². The van der Waals surface area contributed by atoms with Crippen molar-refractivity contribution in [3.8, 4) is 5.75 Å². The molecule has 0 spiro atoms. The summed E-state index contributed by atoms with van der Waals surface area (Å²) in [5.41, 5.74) is 0.835. The minimum atomic E-state index is -1.95. The summed E-state index contributed by atoms with van der Waals surface area (Å²) in [6.07, 6.45) is 1.71. The van der Waals surface area contributed by atoms with Crippen LogP contribution in [0.5, 0.6) is 5.75 Å². The Labute approximate surface area is 102 Å². The van der Waals surface area contributed by atoms with Crippen LogP contribution >= 0.6 is 0 Å². The Morgan fingerprint density at radius 2 is 1.94 bits per heavy atom. The zero-order valence-corrected chi connectivity index (χ0v) is 9.76. The highest BCUT2D eigenvalue weighted by Gasteiger charge is 2.00. The molecule has 0 aliphatic heterocycles. The van der Waals surface area contributed by atoms with Gasteiger partial charge in [-0.1, -0.05) is 6.07 Å². The third kappa shape index (κ3) is 3.37. The Bertz CT molecular complexity index is 499. The molecule has 2 rings (SSSR count). The fraction of sp³-hybridized carbons (Fsp3) is 0.0833. The van der Waals surface area contributed by atoms with E-state index in [4.69, 9.17) is 9.29 Å². The first-order valence-electron chi connectivity index (χ1n) is 4.99. The van der Waals surface area contributed by atoms with Crippen molar-refractivity contribution < 1.29 is 13.5 Å². The molecule has 1 aromatic carbocycles. The van der Waals surface area contributed by atoms with E-state index in [1.54, 1.807) is 30.5 Å². The first kappa shape index (κ1) is 11.8. The lowest BCUT2D eigenvalue weighted by molar-refractivity contribution is 0.301. The van der Waals surface area contributed by atoms with Crippen molar-refractivity contribution in [3.63, 3.8) is 0 Å². The Balaban J connectivity index is 1.98. The highest BCUT2D eigenvalue weighted by atomic mass is 32.2. The van der Waals surface area contributed by atoms with E-state index in [-0.39, 0.29) is 0 Å². The first-order valence-corrected chi connectivity index (χ1v) is 6.10. The second-order valence-electron chi connectivity index (χ2n) is 3.33. The van der Waals surface area contributed by atoms with Crippen molar-refractivity contribution >= 4 is 11.1 Å². The predicted octanol–water partition coefficient (Wildman–Crippen LogP) is 2.24. The molecule has 0 saturated carbocycles. The van der Waals surface area contributed by atoms with Gasteiger partial charge in [0.1, 0.15) is 12.4 Å². The van der Waals surface area contributed by atoms with Gasteiger partial charge < -0.3 is 9.29 Å². The second-order valence-corrected chi connectivity index (χ2v) is 4.30. The molecule has 0 amide bonds. The number of hydrogen-bond acceptors (Lipinski definition) is 3. The summed E-state index contributed by atoms with van der Waals surface area (Å²) in [6.45, 7) is 0.377. The number of pyridine rings is 1. The molecule has 88 valence electrons. The lowest BCUT2D eigenvalue weighted by atomic mass is 10.3. The maximum atomic E-state index is 10.8. The van der Waals surface area contributed by atoms with Gasteiger partial charge in [0.15, 0.2) is 11.1 Å². The van der Waals surface area contributed by atoms with E-state index < -0.39 is 11.1 Å². The van der Waals surface area contributed by atoms with Crippen LogP contribution in [-0.2, 0) is 17.7 Å². The molecule has 0 saturated heterocycles. The molecule has 0 aliphatic rings. The second kappa shape index (κ2) is 5.56. The normalized spacial score (nSPS) is 12.1. The van der Waals surface area contributed by atoms with Crippen LogP contribution in [0.2, 0.25) is 0 Å². The van der Waals surface area contributed by atoms with Crippen LogP contribution in [0.3, 0.4) is 0 Å². The van der Waals surface area contributed by atoms with Crippen molar-refractivity contribution in [2.75, 3.05) is 0 Å². The van der Waals surface area contributed by atoms with E-state index in [1.165, 1.54) is 0 Å². The zero-order valence-electron chi connectivity index (χ0n) is 8.95. The highest BCUT2D eigenvalue weighted by Crippen LogP contribution is 2.15. The Morgan fingerprint density at radius 1 is 1.18 bits per heavy atom. The molecule has 1 aromatic heterocycles. The van der Waals surface area contributed by atoms with Gasteiger partial charge in [-0.05, 0) is 36.4 Å². The molecule has 4 nitrogen and oxygen atoms in total. The smallest absolute Gasteiger partial charge is 0.186 e. The van der Waals surface area contributed by atoms with Gasteiger partial charge in [-0.15, -0.1) is 0 Å². The number of aromatic nitrogens is 1. The Hall–Kier alpha value is -1.72. The quantitative estimate of drug-likeness (QED) is 0.844. The minimum absolute atomic E-state index is 0.357. The van der Waals surface area contributed by atoms with Gasteiger partial charge in [-0.25, -0.2) is 4.21 Å². The van der Waals surface area contributed by atoms with E-state index in [1.807, 2.05) is 18.2 Å². The van der Waals surface area contributed by atoms with Gasteiger partial charge >= 0.3 is 0 Å². The predicted molar refractivity (Wildman–Crippen MR) is 64.0 cm³/mol. The van der Waals surface area contributed by atoms with Crippen LogP contribution in [0.15, 0.2) is 53.6 Å². The average molecular weight is 249 g/mol. The molecule has 2 aromatic rings. The third-order valence-electron chi connectivity index (χ3n) is 2.14. The number of nitrogens with zero attached hydrogens (tertiary/aromatic N) is 1. The summed E-state index contributed by atoms with van der Waals surface area (Å²) in [4.78, 5) is 4.48. The monoisotopic (exact) mass is 249 g/mol. The zero-order chi connectivity index (χ0) is 12.1. The van der Waals surface area contributed by atoms with Gasteiger partial charge in [-0.3, -0.25) is 4.98 Å². The SMILES string of the molecule is O=S(O)c1ccc(OCc2ccccn2)cc1. The summed E-state index contributed by atoms with van der Waals surface area (Å²) >= 11 is -1.95. The van der Waals surface area contributed by atoms with Gasteiger partial charge in [0.25, 0.3) is 0 Å². The van der Waals surface area contributed by atoms with Gasteiger partial charge in [-0.2, -0.15) is 0 Å². The standard InChI is InChI=1S/C12H11NO3S/c14-17(15)12-6-4-11(5-7-12)16-9-10-3-1-2-8-13-10/h1-8H,9H2,(H,14,15). The number of ether oxygens (including phenoxy) is 1. The highest BCUT2D eigenvalue weighted by molar-refractivity contribution is 7.79. The van der Waals surface area contributed by atoms with E-state index in [2.05, 4.69) is 4.98 Å². The summed E-state index contributed by atoms with van der Waals surface area (Å²) in [7, 11) is 0. The van der Waals surface area contributed by atoms with Gasteiger partial charge in [0, 0.05) is 6.20 Å². The van der Waals surface area contributed by atoms with Crippen LogP contribution in [0, 0.1) is 0 Å². The van der Waals surface area contributed by atoms with Crippen LogP contribution in [-0.4, -0.2) is 13.7 Å². The molecule has 1 atom stereocenters. The molecule has 0 bridgehead atoms. The molecule has 0 aliphatic carbocycles. The Kier molecular flexibility index (Phi) is 3.85. The topological polar surface area (TPSA) is 59.4 Å². The maximum Gasteiger partial charge on any atom is 0.186 e. The summed E-state index contributed by atoms with van der Waals surface area (Å²) in [5, 5.41) is 0. The fourth-order valence-corrected chi connectivity index (χ4v) is 1.66. The number of hydrogen-bond donors (Lipinski definition) is 1. The van der Waals surface area contributed by atoms with Crippen LogP contribution < -0.4 is 4.74 Å². The Morgan fingerprint density at radius 3 is 2.53 bits per heavy atom. The van der Waals surface area contributed by atoms with E-state index in [0.29, 0.717) is 17.3 Å². The summed E-state index contributed by atoms with van der Waals surface area (Å²) in [5.74, 6) is 0.643. The molecule has 5 heteroatoms. The largest absolute Gasteiger partial charge is 0.487 e. The van der Waals surface area contributed by atoms with Gasteiger partial charge in [0.05, 0.1) is 10.6 Å². The van der Waals surface area contributed by atoms with Crippen molar-refractivity contribution in [1.82, 2.24) is 4.98 Å². The lowest BCUT2D eigenvalue weighted by Gasteiger charge is -2.05. The first-order chi connectivity index (χ1) is 8.25. The molecule has 17 heavy (non-hydrogen) atoms. The van der Waals surface area contributed by atoms with E-state index in [0.717, 1.165) is 5.69 Å². The molecular formula is C12H11NO3S. The van der Waals surface area contributed by atoms with E-state index >= 15 is 0 Å². The summed E-state index contributed by atoms with van der Waals surface area (Å²) in [6, 6.07) is 12.0. The average Bonchev–Trinajstić information content (AvgIpc) is 2.38. The van der Waals surface area contributed by atoms with Gasteiger partial charge in [0.2, 0.25) is 0 Å². The number of benzene rings is 1. The maximum absolute atomic E-state index is 10.8. The van der Waals surface area contributed by atoms with Crippen molar-refractivity contribution in [3.05, 3.63) is 54.4 Å². The fourth-order valence-electron chi connectivity index (χ4n) is 1.29. The molecular weight excluding hydrogens is 238 g/mol. The molecule has 1 heterocycles. The molecule has 1 N–H and O–H groups in total. The van der Waals surface area contributed by atoms with Crippen molar-refractivity contribution in [2.45, 2.75) is 11.5 Å². The summed E-state index contributed by atoms with van der Waals surface area (Å²) < 4.78 is 25.1. The molecule has 1 unspecified atom stereocenters. The van der Waals surface area contributed by atoms with Crippen LogP contribution in [0.1, 0.15) is 5.69 Å². The lowest BCUT2D eigenvalue weighted by Crippen LogP contribution is -1.97. The van der Waals surface area contributed by atoms with E-state index in [9.17, 15) is 4.21 Å². The minimum Gasteiger partial charge on any atom is -0.487 e. The van der Waals surface area contributed by atoms with Crippen molar-refractivity contribution in [1.29, 1.82) is 0 Å².